The maximum absolute atomic E-state index is 4.45. The highest BCUT2D eigenvalue weighted by Crippen LogP contribution is 2.18. The molecule has 0 unspecified atom stereocenters. The lowest BCUT2D eigenvalue weighted by Gasteiger charge is -2.12. The van der Waals surface area contributed by atoms with E-state index in [4.69, 9.17) is 0 Å². The number of nitrogens with zero attached hydrogens (tertiary/aromatic N) is 3. The van der Waals surface area contributed by atoms with Crippen LogP contribution in [0, 0.1) is 0 Å². The van der Waals surface area contributed by atoms with Gasteiger partial charge < -0.3 is 15.2 Å². The molecule has 0 aliphatic heterocycles. The third-order valence-electron chi connectivity index (χ3n) is 3.45. The summed E-state index contributed by atoms with van der Waals surface area (Å²) in [7, 11) is 3.94. The van der Waals surface area contributed by atoms with Crippen LogP contribution in [0.4, 0.5) is 11.8 Å². The van der Waals surface area contributed by atoms with E-state index in [2.05, 4.69) is 44.7 Å². The number of anilines is 2. The molecule has 2 heterocycles. The van der Waals surface area contributed by atoms with E-state index in [-0.39, 0.29) is 0 Å². The number of hydrogen-bond donors (Lipinski definition) is 2. The second kappa shape index (κ2) is 5.83. The molecule has 0 fully saturated rings. The number of hydrogen-bond acceptors (Lipinski definition) is 4. The maximum Gasteiger partial charge on any atom is 0.224 e. The van der Waals surface area contributed by atoms with Gasteiger partial charge in [0.25, 0.3) is 0 Å². The van der Waals surface area contributed by atoms with Gasteiger partial charge in [-0.2, -0.15) is 4.98 Å². The molecule has 0 saturated heterocycles. The third-order valence-corrected chi connectivity index (χ3v) is 3.45. The average molecular weight is 281 g/mol. The second-order valence-electron chi connectivity index (χ2n) is 5.17. The Hall–Kier alpha value is -2.56. The number of para-hydroxylation sites is 1. The monoisotopic (exact) mass is 281 g/mol. The molecule has 0 spiro atoms. The molecular weight excluding hydrogens is 262 g/mol. The van der Waals surface area contributed by atoms with Crippen LogP contribution >= 0.6 is 0 Å². The van der Waals surface area contributed by atoms with Gasteiger partial charge in [-0.1, -0.05) is 18.2 Å². The van der Waals surface area contributed by atoms with Gasteiger partial charge in [-0.05, 0) is 24.1 Å². The van der Waals surface area contributed by atoms with Crippen LogP contribution in [0.3, 0.4) is 0 Å². The standard InChI is InChI=1S/C16H19N5/c1-21(2)15-8-10-18-16(20-15)17-9-7-12-11-19-14-6-4-3-5-13(12)14/h3-6,8,10-11,19H,7,9H2,1-2H3,(H,17,18,20). The summed E-state index contributed by atoms with van der Waals surface area (Å²) in [5, 5.41) is 4.56. The molecule has 0 saturated carbocycles. The Labute approximate surface area is 124 Å². The fourth-order valence-electron chi connectivity index (χ4n) is 2.33. The van der Waals surface area contributed by atoms with Gasteiger partial charge in [-0.25, -0.2) is 4.98 Å². The van der Waals surface area contributed by atoms with Crippen LogP contribution in [0.5, 0.6) is 0 Å². The molecule has 2 aromatic heterocycles. The minimum atomic E-state index is 0.668. The first kappa shape index (κ1) is 13.4. The van der Waals surface area contributed by atoms with Gasteiger partial charge >= 0.3 is 0 Å². The molecular formula is C16H19N5. The summed E-state index contributed by atoms with van der Waals surface area (Å²) >= 11 is 0. The summed E-state index contributed by atoms with van der Waals surface area (Å²) in [4.78, 5) is 14.0. The van der Waals surface area contributed by atoms with Crippen molar-refractivity contribution in [2.75, 3.05) is 30.9 Å². The fourth-order valence-corrected chi connectivity index (χ4v) is 2.33. The molecule has 5 nitrogen and oxygen atoms in total. The van der Waals surface area contributed by atoms with Crippen molar-refractivity contribution >= 4 is 22.7 Å². The number of aromatic amines is 1. The van der Waals surface area contributed by atoms with Crippen LogP contribution in [0.1, 0.15) is 5.56 Å². The molecule has 0 aliphatic carbocycles. The Morgan fingerprint density at radius 3 is 2.90 bits per heavy atom. The van der Waals surface area contributed by atoms with E-state index in [1.165, 1.54) is 16.5 Å². The van der Waals surface area contributed by atoms with Crippen molar-refractivity contribution in [2.24, 2.45) is 0 Å². The zero-order valence-corrected chi connectivity index (χ0v) is 12.3. The summed E-state index contributed by atoms with van der Waals surface area (Å²) in [5.74, 6) is 1.57. The van der Waals surface area contributed by atoms with Gasteiger partial charge in [-0.15, -0.1) is 0 Å². The van der Waals surface area contributed by atoms with Gasteiger partial charge in [-0.3, -0.25) is 0 Å². The normalized spacial score (nSPS) is 10.8. The number of H-pyrrole nitrogens is 1. The number of rotatable bonds is 5. The molecule has 0 radical (unpaired) electrons. The van der Waals surface area contributed by atoms with Crippen LogP contribution in [-0.2, 0) is 6.42 Å². The second-order valence-corrected chi connectivity index (χ2v) is 5.17. The molecule has 3 aromatic rings. The third kappa shape index (κ3) is 2.97. The molecule has 2 N–H and O–H groups in total. The lowest BCUT2D eigenvalue weighted by atomic mass is 10.1. The molecule has 3 rings (SSSR count). The summed E-state index contributed by atoms with van der Waals surface area (Å²) in [6.45, 7) is 0.804. The highest BCUT2D eigenvalue weighted by atomic mass is 15.2. The Morgan fingerprint density at radius 2 is 2.05 bits per heavy atom. The first-order valence-corrected chi connectivity index (χ1v) is 7.03. The molecule has 0 atom stereocenters. The Balaban J connectivity index is 1.65. The number of fused-ring (bicyclic) bond motifs is 1. The Morgan fingerprint density at radius 1 is 1.19 bits per heavy atom. The predicted molar refractivity (Wildman–Crippen MR) is 86.9 cm³/mol. The van der Waals surface area contributed by atoms with E-state index < -0.39 is 0 Å². The van der Waals surface area contributed by atoms with Crippen LogP contribution < -0.4 is 10.2 Å². The number of aromatic nitrogens is 3. The topological polar surface area (TPSA) is 56.8 Å². The first-order chi connectivity index (χ1) is 10.2. The van der Waals surface area contributed by atoms with Gasteiger partial charge in [0.1, 0.15) is 5.82 Å². The molecule has 5 heteroatoms. The quantitative estimate of drug-likeness (QED) is 0.755. The van der Waals surface area contributed by atoms with E-state index in [1.807, 2.05) is 31.1 Å². The highest BCUT2D eigenvalue weighted by molar-refractivity contribution is 5.83. The number of benzene rings is 1. The van der Waals surface area contributed by atoms with Gasteiger partial charge in [0.15, 0.2) is 0 Å². The van der Waals surface area contributed by atoms with Crippen molar-refractivity contribution in [3.05, 3.63) is 48.3 Å². The SMILES string of the molecule is CN(C)c1ccnc(NCCc2c[nH]c3ccccc23)n1. The van der Waals surface area contributed by atoms with Crippen molar-refractivity contribution in [1.82, 2.24) is 15.0 Å². The van der Waals surface area contributed by atoms with Gasteiger partial charge in [0, 0.05) is 43.9 Å². The maximum atomic E-state index is 4.45. The van der Waals surface area contributed by atoms with Crippen LogP contribution in [0.25, 0.3) is 10.9 Å². The van der Waals surface area contributed by atoms with Crippen molar-refractivity contribution in [2.45, 2.75) is 6.42 Å². The van der Waals surface area contributed by atoms with Crippen molar-refractivity contribution < 1.29 is 0 Å². The van der Waals surface area contributed by atoms with Gasteiger partial charge in [0.05, 0.1) is 0 Å². The van der Waals surface area contributed by atoms with E-state index in [9.17, 15) is 0 Å². The minimum Gasteiger partial charge on any atom is -0.363 e. The van der Waals surface area contributed by atoms with Crippen molar-refractivity contribution in [1.29, 1.82) is 0 Å². The van der Waals surface area contributed by atoms with E-state index >= 15 is 0 Å². The largest absolute Gasteiger partial charge is 0.363 e. The summed E-state index contributed by atoms with van der Waals surface area (Å²) in [6, 6.07) is 10.2. The molecule has 1 aromatic carbocycles. The minimum absolute atomic E-state index is 0.668. The lowest BCUT2D eigenvalue weighted by Crippen LogP contribution is -2.13. The Bertz CT molecular complexity index is 732. The Kier molecular flexibility index (Phi) is 3.73. The molecule has 21 heavy (non-hydrogen) atoms. The average Bonchev–Trinajstić information content (AvgIpc) is 2.91. The van der Waals surface area contributed by atoms with Crippen molar-refractivity contribution in [3.8, 4) is 0 Å². The smallest absolute Gasteiger partial charge is 0.224 e. The van der Waals surface area contributed by atoms with Gasteiger partial charge in [0.2, 0.25) is 5.95 Å². The zero-order chi connectivity index (χ0) is 14.7. The van der Waals surface area contributed by atoms with Crippen LogP contribution in [0.15, 0.2) is 42.7 Å². The fraction of sp³-hybridized carbons (Fsp3) is 0.250. The van der Waals surface area contributed by atoms with E-state index in [0.717, 1.165) is 18.8 Å². The van der Waals surface area contributed by atoms with Crippen LogP contribution in [0.2, 0.25) is 0 Å². The highest BCUT2D eigenvalue weighted by Gasteiger charge is 2.04. The zero-order valence-electron chi connectivity index (χ0n) is 12.3. The first-order valence-electron chi connectivity index (χ1n) is 7.03. The summed E-state index contributed by atoms with van der Waals surface area (Å²) in [6.07, 6.45) is 4.78. The predicted octanol–water partition coefficient (Wildman–Crippen LogP) is 2.68. The van der Waals surface area contributed by atoms with E-state index in [1.54, 1.807) is 6.20 Å². The number of nitrogens with one attached hydrogen (secondary N) is 2. The van der Waals surface area contributed by atoms with Crippen molar-refractivity contribution in [3.63, 3.8) is 0 Å². The molecule has 0 aliphatic rings. The molecule has 0 bridgehead atoms. The van der Waals surface area contributed by atoms with Crippen LogP contribution in [-0.4, -0.2) is 35.6 Å². The molecule has 108 valence electrons. The lowest BCUT2D eigenvalue weighted by molar-refractivity contribution is 0.974. The molecule has 0 amide bonds. The summed E-state index contributed by atoms with van der Waals surface area (Å²) < 4.78 is 0. The van der Waals surface area contributed by atoms with E-state index in [0.29, 0.717) is 5.95 Å². The summed E-state index contributed by atoms with van der Waals surface area (Å²) in [5.41, 5.74) is 2.49.